The molecule has 1 unspecified atom stereocenters. The van der Waals surface area contributed by atoms with Crippen LogP contribution in [0.15, 0.2) is 0 Å². The number of hydrogen-bond donors (Lipinski definition) is 1. The van der Waals surface area contributed by atoms with Crippen molar-refractivity contribution in [2.24, 2.45) is 0 Å². The van der Waals surface area contributed by atoms with Crippen LogP contribution in [0.1, 0.15) is 38.6 Å². The third-order valence-corrected chi connectivity index (χ3v) is 2.10. The first-order chi connectivity index (χ1) is 6.69. The summed E-state index contributed by atoms with van der Waals surface area (Å²) in [6.45, 7) is 3.87. The molecule has 0 aliphatic carbocycles. The van der Waals surface area contributed by atoms with E-state index in [0.29, 0.717) is 12.8 Å². The normalized spacial score (nSPS) is 12.7. The standard InChI is InChI=1S/C8H14N4O2/c1-3-6(5-8(13)14)12-7(4-2)9-10-11-12/h6H,3-5H2,1-2H3,(H,13,14). The molecule has 0 aliphatic heterocycles. The summed E-state index contributed by atoms with van der Waals surface area (Å²) in [4.78, 5) is 10.6. The van der Waals surface area contributed by atoms with Gasteiger partial charge in [-0.1, -0.05) is 13.8 Å². The maximum absolute atomic E-state index is 10.6. The van der Waals surface area contributed by atoms with E-state index >= 15 is 0 Å². The van der Waals surface area contributed by atoms with Crippen molar-refractivity contribution in [2.75, 3.05) is 0 Å². The lowest BCUT2D eigenvalue weighted by Gasteiger charge is -2.13. The molecule has 0 radical (unpaired) electrons. The smallest absolute Gasteiger partial charge is 0.305 e. The topological polar surface area (TPSA) is 80.9 Å². The van der Waals surface area contributed by atoms with Crippen molar-refractivity contribution in [3.63, 3.8) is 0 Å². The molecule has 0 aliphatic rings. The van der Waals surface area contributed by atoms with Gasteiger partial charge in [0, 0.05) is 6.42 Å². The summed E-state index contributed by atoms with van der Waals surface area (Å²) in [5.74, 6) is -0.0903. The molecule has 0 bridgehead atoms. The Hall–Kier alpha value is -1.46. The van der Waals surface area contributed by atoms with Crippen molar-refractivity contribution >= 4 is 5.97 Å². The summed E-state index contributed by atoms with van der Waals surface area (Å²) in [6, 6.07) is -0.141. The van der Waals surface area contributed by atoms with Crippen molar-refractivity contribution in [1.82, 2.24) is 20.2 Å². The number of nitrogens with zero attached hydrogens (tertiary/aromatic N) is 4. The van der Waals surface area contributed by atoms with E-state index in [0.717, 1.165) is 5.82 Å². The Morgan fingerprint density at radius 2 is 2.29 bits per heavy atom. The van der Waals surface area contributed by atoms with E-state index < -0.39 is 5.97 Å². The summed E-state index contributed by atoms with van der Waals surface area (Å²) in [6.07, 6.45) is 1.49. The average molecular weight is 198 g/mol. The van der Waals surface area contributed by atoms with E-state index in [2.05, 4.69) is 15.5 Å². The lowest BCUT2D eigenvalue weighted by Crippen LogP contribution is -2.16. The van der Waals surface area contributed by atoms with Crippen LogP contribution in [0, 0.1) is 0 Å². The third kappa shape index (κ3) is 2.27. The zero-order chi connectivity index (χ0) is 10.6. The quantitative estimate of drug-likeness (QED) is 0.751. The Morgan fingerprint density at radius 1 is 1.57 bits per heavy atom. The number of tetrazole rings is 1. The van der Waals surface area contributed by atoms with Crippen molar-refractivity contribution in [2.45, 2.75) is 39.2 Å². The SMILES string of the molecule is CCc1nnnn1C(CC)CC(=O)O. The summed E-state index contributed by atoms with van der Waals surface area (Å²) in [5, 5.41) is 19.9. The molecule has 0 saturated carbocycles. The highest BCUT2D eigenvalue weighted by Gasteiger charge is 2.17. The minimum atomic E-state index is -0.825. The molecule has 1 rings (SSSR count). The molecule has 0 saturated heterocycles. The van der Waals surface area contributed by atoms with Crippen LogP contribution in [-0.4, -0.2) is 31.3 Å². The van der Waals surface area contributed by atoms with E-state index in [1.165, 1.54) is 0 Å². The van der Waals surface area contributed by atoms with Gasteiger partial charge < -0.3 is 5.11 Å². The Morgan fingerprint density at radius 3 is 2.79 bits per heavy atom. The van der Waals surface area contributed by atoms with Crippen LogP contribution in [-0.2, 0) is 11.2 Å². The number of carbonyl (C=O) groups is 1. The van der Waals surface area contributed by atoms with Gasteiger partial charge in [-0.15, -0.1) is 5.10 Å². The van der Waals surface area contributed by atoms with E-state index in [1.807, 2.05) is 13.8 Å². The number of carboxylic acids is 1. The molecule has 6 heteroatoms. The lowest BCUT2D eigenvalue weighted by molar-refractivity contribution is -0.138. The van der Waals surface area contributed by atoms with E-state index in [4.69, 9.17) is 5.11 Å². The number of carboxylic acid groups (broad SMARTS) is 1. The molecule has 14 heavy (non-hydrogen) atoms. The Labute approximate surface area is 81.9 Å². The highest BCUT2D eigenvalue weighted by molar-refractivity contribution is 5.67. The Balaban J connectivity index is 2.82. The van der Waals surface area contributed by atoms with Crippen molar-refractivity contribution in [3.8, 4) is 0 Å². The fraction of sp³-hybridized carbons (Fsp3) is 0.750. The molecule has 0 amide bonds. The second-order valence-corrected chi connectivity index (χ2v) is 3.05. The molecular formula is C8H14N4O2. The zero-order valence-electron chi connectivity index (χ0n) is 8.34. The predicted octanol–water partition coefficient (Wildman–Crippen LogP) is 0.661. The van der Waals surface area contributed by atoms with Gasteiger partial charge in [0.2, 0.25) is 0 Å². The van der Waals surface area contributed by atoms with Gasteiger partial charge >= 0.3 is 5.97 Å². The third-order valence-electron chi connectivity index (χ3n) is 2.10. The van der Waals surface area contributed by atoms with E-state index in [-0.39, 0.29) is 12.5 Å². The maximum atomic E-state index is 10.6. The first-order valence-electron chi connectivity index (χ1n) is 4.67. The average Bonchev–Trinajstić information content (AvgIpc) is 2.61. The minimum Gasteiger partial charge on any atom is -0.481 e. The maximum Gasteiger partial charge on any atom is 0.305 e. The van der Waals surface area contributed by atoms with Gasteiger partial charge in [0.05, 0.1) is 12.5 Å². The van der Waals surface area contributed by atoms with Crippen LogP contribution in [0.4, 0.5) is 0 Å². The Bertz CT molecular complexity index is 310. The van der Waals surface area contributed by atoms with Crippen LogP contribution in [0.5, 0.6) is 0 Å². The van der Waals surface area contributed by atoms with E-state index in [9.17, 15) is 4.79 Å². The number of aliphatic carboxylic acids is 1. The fourth-order valence-electron chi connectivity index (χ4n) is 1.33. The van der Waals surface area contributed by atoms with Gasteiger partial charge in [0.25, 0.3) is 0 Å². The molecule has 0 spiro atoms. The van der Waals surface area contributed by atoms with Crippen molar-refractivity contribution in [3.05, 3.63) is 5.82 Å². The largest absolute Gasteiger partial charge is 0.481 e. The number of aryl methyl sites for hydroxylation is 1. The van der Waals surface area contributed by atoms with Gasteiger partial charge in [0.15, 0.2) is 5.82 Å². The molecule has 1 heterocycles. The lowest BCUT2D eigenvalue weighted by atomic mass is 10.1. The summed E-state index contributed by atoms with van der Waals surface area (Å²) < 4.78 is 1.61. The zero-order valence-corrected chi connectivity index (χ0v) is 8.34. The fourth-order valence-corrected chi connectivity index (χ4v) is 1.33. The van der Waals surface area contributed by atoms with Crippen LogP contribution < -0.4 is 0 Å². The second kappa shape index (κ2) is 4.69. The van der Waals surface area contributed by atoms with Gasteiger partial charge in [-0.25, -0.2) is 4.68 Å². The monoisotopic (exact) mass is 198 g/mol. The summed E-state index contributed by atoms with van der Waals surface area (Å²) in [5.41, 5.74) is 0. The van der Waals surface area contributed by atoms with Gasteiger partial charge in [-0.2, -0.15) is 0 Å². The number of aromatic nitrogens is 4. The van der Waals surface area contributed by atoms with E-state index in [1.54, 1.807) is 4.68 Å². The Kier molecular flexibility index (Phi) is 3.55. The number of rotatable bonds is 5. The van der Waals surface area contributed by atoms with Gasteiger partial charge in [-0.05, 0) is 16.8 Å². The molecule has 1 aromatic rings. The molecular weight excluding hydrogens is 184 g/mol. The van der Waals surface area contributed by atoms with Gasteiger partial charge in [0.1, 0.15) is 0 Å². The molecule has 78 valence electrons. The molecule has 0 aromatic carbocycles. The van der Waals surface area contributed by atoms with Gasteiger partial charge in [-0.3, -0.25) is 4.79 Å². The molecule has 1 atom stereocenters. The van der Waals surface area contributed by atoms with Crippen LogP contribution in [0.3, 0.4) is 0 Å². The van der Waals surface area contributed by atoms with Crippen LogP contribution in [0.2, 0.25) is 0 Å². The van der Waals surface area contributed by atoms with Crippen molar-refractivity contribution < 1.29 is 9.90 Å². The first-order valence-corrected chi connectivity index (χ1v) is 4.67. The first kappa shape index (κ1) is 10.6. The molecule has 1 aromatic heterocycles. The molecule has 1 N–H and O–H groups in total. The van der Waals surface area contributed by atoms with Crippen molar-refractivity contribution in [1.29, 1.82) is 0 Å². The highest BCUT2D eigenvalue weighted by Crippen LogP contribution is 2.15. The van der Waals surface area contributed by atoms with Crippen LogP contribution in [0.25, 0.3) is 0 Å². The molecule has 6 nitrogen and oxygen atoms in total. The second-order valence-electron chi connectivity index (χ2n) is 3.05. The number of hydrogen-bond acceptors (Lipinski definition) is 4. The molecule has 0 fully saturated rings. The minimum absolute atomic E-state index is 0.0640. The summed E-state index contributed by atoms with van der Waals surface area (Å²) >= 11 is 0. The highest BCUT2D eigenvalue weighted by atomic mass is 16.4. The predicted molar refractivity (Wildman–Crippen MR) is 48.8 cm³/mol. The van der Waals surface area contributed by atoms with Crippen LogP contribution >= 0.6 is 0 Å². The summed E-state index contributed by atoms with van der Waals surface area (Å²) in [7, 11) is 0.